The van der Waals surface area contributed by atoms with Gasteiger partial charge in [-0.05, 0) is 24.6 Å². The van der Waals surface area contributed by atoms with Gasteiger partial charge in [0.2, 0.25) is 5.91 Å². The molecule has 1 aliphatic rings. The zero-order valence-electron chi connectivity index (χ0n) is 11.6. The number of rotatable bonds is 2. The minimum atomic E-state index is -0.0675. The van der Waals surface area contributed by atoms with E-state index < -0.39 is 0 Å². The highest BCUT2D eigenvalue weighted by atomic mass is 35.5. The summed E-state index contributed by atoms with van der Waals surface area (Å²) in [5.74, 6) is -0.114. The van der Waals surface area contributed by atoms with Gasteiger partial charge in [0.25, 0.3) is 5.91 Å². The molecule has 0 bridgehead atoms. The molecule has 0 spiro atoms. The Morgan fingerprint density at radius 3 is 2.48 bits per heavy atom. The Hall–Kier alpha value is -1.30. The van der Waals surface area contributed by atoms with Crippen LogP contribution in [0.4, 0.5) is 0 Å². The number of nitrogens with two attached hydrogens (primary N) is 1. The van der Waals surface area contributed by atoms with Crippen LogP contribution in [0.2, 0.25) is 5.02 Å². The molecular weight excluding hydrogens is 313 g/mol. The fourth-order valence-corrected chi connectivity index (χ4v) is 2.49. The number of hydrogen-bond acceptors (Lipinski definition) is 3. The molecule has 0 saturated carbocycles. The highest BCUT2D eigenvalue weighted by Crippen LogP contribution is 2.14. The second-order valence-electron chi connectivity index (χ2n) is 4.74. The van der Waals surface area contributed by atoms with Crippen LogP contribution in [0.25, 0.3) is 0 Å². The molecule has 0 unspecified atom stereocenters. The molecule has 1 aliphatic heterocycles. The third-order valence-corrected chi connectivity index (χ3v) is 3.62. The van der Waals surface area contributed by atoms with Crippen LogP contribution in [0, 0.1) is 0 Å². The summed E-state index contributed by atoms with van der Waals surface area (Å²) in [6.07, 6.45) is 0.762. The minimum absolute atomic E-state index is 0. The van der Waals surface area contributed by atoms with E-state index in [1.165, 1.54) is 0 Å². The lowest BCUT2D eigenvalue weighted by Crippen LogP contribution is -2.39. The Bertz CT molecular complexity index is 511. The summed E-state index contributed by atoms with van der Waals surface area (Å²) in [5.41, 5.74) is 5.95. The maximum atomic E-state index is 12.4. The van der Waals surface area contributed by atoms with Gasteiger partial charge in [0.05, 0.1) is 6.54 Å². The molecule has 5 nitrogen and oxygen atoms in total. The number of benzene rings is 1. The van der Waals surface area contributed by atoms with Crippen molar-refractivity contribution < 1.29 is 9.59 Å². The fraction of sp³-hybridized carbons (Fsp3) is 0.429. The number of halogens is 2. The monoisotopic (exact) mass is 331 g/mol. The minimum Gasteiger partial charge on any atom is -0.340 e. The molecule has 2 N–H and O–H groups in total. The van der Waals surface area contributed by atoms with Crippen LogP contribution in [-0.2, 0) is 4.79 Å². The van der Waals surface area contributed by atoms with Crippen molar-refractivity contribution in [1.29, 1.82) is 0 Å². The molecular formula is C14H19Cl2N3O2. The van der Waals surface area contributed by atoms with E-state index in [9.17, 15) is 9.59 Å². The molecule has 2 amide bonds. The maximum absolute atomic E-state index is 12.4. The summed E-state index contributed by atoms with van der Waals surface area (Å²) in [5, 5.41) is 0.547. The molecule has 0 aromatic heterocycles. The smallest absolute Gasteiger partial charge is 0.253 e. The first kappa shape index (κ1) is 17.8. The molecule has 21 heavy (non-hydrogen) atoms. The van der Waals surface area contributed by atoms with Crippen LogP contribution >= 0.6 is 24.0 Å². The number of carbonyl (C=O) groups is 2. The highest BCUT2D eigenvalue weighted by Gasteiger charge is 2.22. The predicted molar refractivity (Wildman–Crippen MR) is 84.9 cm³/mol. The van der Waals surface area contributed by atoms with Gasteiger partial charge in [0, 0.05) is 36.8 Å². The van der Waals surface area contributed by atoms with Gasteiger partial charge in [-0.25, -0.2) is 0 Å². The van der Waals surface area contributed by atoms with E-state index in [4.69, 9.17) is 17.3 Å². The third kappa shape index (κ3) is 4.59. The van der Waals surface area contributed by atoms with Crippen molar-refractivity contribution in [3.63, 3.8) is 0 Å². The van der Waals surface area contributed by atoms with Crippen molar-refractivity contribution in [3.8, 4) is 0 Å². The molecule has 0 aliphatic carbocycles. The van der Waals surface area contributed by atoms with Crippen molar-refractivity contribution in [2.75, 3.05) is 32.7 Å². The predicted octanol–water partition coefficient (Wildman–Crippen LogP) is 1.39. The van der Waals surface area contributed by atoms with Crippen LogP contribution in [0.5, 0.6) is 0 Å². The van der Waals surface area contributed by atoms with Crippen molar-refractivity contribution in [3.05, 3.63) is 34.9 Å². The first-order valence-corrected chi connectivity index (χ1v) is 7.02. The molecule has 2 rings (SSSR count). The average molecular weight is 332 g/mol. The van der Waals surface area contributed by atoms with E-state index in [1.54, 1.807) is 34.1 Å². The zero-order chi connectivity index (χ0) is 14.5. The molecule has 7 heteroatoms. The van der Waals surface area contributed by atoms with Crippen molar-refractivity contribution >= 4 is 35.8 Å². The molecule has 1 heterocycles. The Morgan fingerprint density at radius 1 is 1.14 bits per heavy atom. The van der Waals surface area contributed by atoms with Gasteiger partial charge in [0.1, 0.15) is 0 Å². The molecule has 0 atom stereocenters. The van der Waals surface area contributed by atoms with Crippen LogP contribution in [0.1, 0.15) is 16.8 Å². The Morgan fingerprint density at radius 2 is 1.81 bits per heavy atom. The second-order valence-corrected chi connectivity index (χ2v) is 5.18. The fourth-order valence-electron chi connectivity index (χ4n) is 2.30. The topological polar surface area (TPSA) is 66.6 Å². The van der Waals surface area contributed by atoms with Gasteiger partial charge in [-0.2, -0.15) is 0 Å². The zero-order valence-corrected chi connectivity index (χ0v) is 13.2. The van der Waals surface area contributed by atoms with Gasteiger partial charge < -0.3 is 15.5 Å². The Kier molecular flexibility index (Phi) is 6.95. The molecule has 1 saturated heterocycles. The van der Waals surface area contributed by atoms with Crippen LogP contribution < -0.4 is 5.73 Å². The largest absolute Gasteiger partial charge is 0.340 e. The maximum Gasteiger partial charge on any atom is 0.253 e. The van der Waals surface area contributed by atoms with Crippen LogP contribution in [0.3, 0.4) is 0 Å². The first-order valence-electron chi connectivity index (χ1n) is 6.64. The van der Waals surface area contributed by atoms with E-state index in [0.29, 0.717) is 36.8 Å². The lowest BCUT2D eigenvalue weighted by atomic mass is 10.2. The molecule has 0 radical (unpaired) electrons. The highest BCUT2D eigenvalue weighted by molar-refractivity contribution is 6.30. The van der Waals surface area contributed by atoms with E-state index >= 15 is 0 Å². The van der Waals surface area contributed by atoms with Crippen LogP contribution in [-0.4, -0.2) is 54.3 Å². The second kappa shape index (κ2) is 8.22. The molecule has 1 aromatic rings. The number of hydrogen-bond donors (Lipinski definition) is 1. The van der Waals surface area contributed by atoms with Gasteiger partial charge in [-0.15, -0.1) is 12.4 Å². The molecule has 1 aromatic carbocycles. The van der Waals surface area contributed by atoms with E-state index in [2.05, 4.69) is 0 Å². The van der Waals surface area contributed by atoms with Gasteiger partial charge in [-0.1, -0.05) is 17.7 Å². The standard InChI is InChI=1S/C14H18ClN3O2.ClH/c15-12-4-1-3-11(9-12)14(20)18-6-2-5-17(7-8-18)13(19)10-16;/h1,3-4,9H,2,5-8,10,16H2;1H. The summed E-state index contributed by atoms with van der Waals surface area (Å²) in [6.45, 7) is 2.36. The summed E-state index contributed by atoms with van der Waals surface area (Å²) in [6, 6.07) is 6.92. The number of amides is 2. The quantitative estimate of drug-likeness (QED) is 0.890. The molecule has 116 valence electrons. The van der Waals surface area contributed by atoms with Crippen molar-refractivity contribution in [1.82, 2.24) is 9.80 Å². The SMILES string of the molecule is Cl.NCC(=O)N1CCCN(C(=O)c2cccc(Cl)c2)CC1. The summed E-state index contributed by atoms with van der Waals surface area (Å²) in [4.78, 5) is 27.5. The normalized spacial score (nSPS) is 15.1. The third-order valence-electron chi connectivity index (χ3n) is 3.38. The lowest BCUT2D eigenvalue weighted by molar-refractivity contribution is -0.129. The van der Waals surface area contributed by atoms with Gasteiger partial charge >= 0.3 is 0 Å². The lowest BCUT2D eigenvalue weighted by Gasteiger charge is -2.22. The summed E-state index contributed by atoms with van der Waals surface area (Å²) >= 11 is 5.91. The Balaban J connectivity index is 0.00000220. The van der Waals surface area contributed by atoms with E-state index in [0.717, 1.165) is 6.42 Å². The summed E-state index contributed by atoms with van der Waals surface area (Å²) in [7, 11) is 0. The molecule has 1 fully saturated rings. The number of carbonyl (C=O) groups excluding carboxylic acids is 2. The Labute approximate surface area is 135 Å². The van der Waals surface area contributed by atoms with Crippen molar-refractivity contribution in [2.45, 2.75) is 6.42 Å². The van der Waals surface area contributed by atoms with E-state index in [1.807, 2.05) is 0 Å². The average Bonchev–Trinajstić information content (AvgIpc) is 2.71. The summed E-state index contributed by atoms with van der Waals surface area (Å²) < 4.78 is 0. The van der Waals surface area contributed by atoms with Gasteiger partial charge in [0.15, 0.2) is 0 Å². The van der Waals surface area contributed by atoms with Gasteiger partial charge in [-0.3, -0.25) is 9.59 Å². The number of nitrogens with zero attached hydrogens (tertiary/aromatic N) is 2. The van der Waals surface area contributed by atoms with Crippen LogP contribution in [0.15, 0.2) is 24.3 Å². The first-order chi connectivity index (χ1) is 9.61. The van der Waals surface area contributed by atoms with Crippen molar-refractivity contribution in [2.24, 2.45) is 5.73 Å². The van der Waals surface area contributed by atoms with E-state index in [-0.39, 0.29) is 30.8 Å².